The van der Waals surface area contributed by atoms with Crippen molar-refractivity contribution in [2.75, 3.05) is 31.7 Å². The highest BCUT2D eigenvalue weighted by Crippen LogP contribution is 2.55. The SMILES string of the molecule is CCOCCCN1C(=O)[C@@H]2[C@H](C(=O)Nc3ccc(OCC)cc3)[C@@H]3C=C[C@@]2(O3)[C@@H]1C(=O)N[C@@H]1CCCC[C@@H]1C. The van der Waals surface area contributed by atoms with Crippen LogP contribution in [-0.2, 0) is 23.9 Å². The molecule has 0 radical (unpaired) electrons. The second kappa shape index (κ2) is 11.7. The van der Waals surface area contributed by atoms with Gasteiger partial charge in [-0.25, -0.2) is 0 Å². The summed E-state index contributed by atoms with van der Waals surface area (Å²) in [7, 11) is 0. The molecule has 3 heterocycles. The van der Waals surface area contributed by atoms with Crippen LogP contribution in [0.3, 0.4) is 0 Å². The standard InChI is InChI=1S/C30H41N3O6/c1-4-37-18-8-17-33-26(28(35)32-22-10-7-6-9-19(22)3)30-16-15-23(39-30)24(25(30)29(33)36)27(34)31-20-11-13-21(14-12-20)38-5-2/h11-16,19,22-26H,4-10,17-18H2,1-3H3,(H,31,34)(H,32,35)/t19-,22+,23-,24+,25-,26-,30-/m0/s1. The van der Waals surface area contributed by atoms with Crippen molar-refractivity contribution in [3.05, 3.63) is 36.4 Å². The largest absolute Gasteiger partial charge is 0.494 e. The topological polar surface area (TPSA) is 106 Å². The summed E-state index contributed by atoms with van der Waals surface area (Å²) in [5, 5.41) is 6.22. The van der Waals surface area contributed by atoms with Crippen molar-refractivity contribution in [3.8, 4) is 5.75 Å². The van der Waals surface area contributed by atoms with Crippen molar-refractivity contribution in [3.63, 3.8) is 0 Å². The van der Waals surface area contributed by atoms with E-state index in [-0.39, 0.29) is 23.8 Å². The van der Waals surface area contributed by atoms with Gasteiger partial charge in [-0.2, -0.15) is 0 Å². The summed E-state index contributed by atoms with van der Waals surface area (Å²) in [4.78, 5) is 43.1. The van der Waals surface area contributed by atoms with Gasteiger partial charge in [-0.3, -0.25) is 14.4 Å². The van der Waals surface area contributed by atoms with E-state index < -0.39 is 29.6 Å². The van der Waals surface area contributed by atoms with Crippen LogP contribution in [0.1, 0.15) is 52.9 Å². The van der Waals surface area contributed by atoms with Gasteiger partial charge in [-0.05, 0) is 63.3 Å². The summed E-state index contributed by atoms with van der Waals surface area (Å²) in [6.07, 6.45) is 8.00. The predicted molar refractivity (Wildman–Crippen MR) is 146 cm³/mol. The molecule has 1 aliphatic carbocycles. The number of nitrogens with one attached hydrogen (secondary N) is 2. The number of hydrogen-bond donors (Lipinski definition) is 2. The number of hydrogen-bond acceptors (Lipinski definition) is 6. The highest BCUT2D eigenvalue weighted by atomic mass is 16.5. The molecule has 4 aliphatic rings. The molecule has 0 unspecified atom stereocenters. The van der Waals surface area contributed by atoms with Crippen LogP contribution in [0.25, 0.3) is 0 Å². The maximum absolute atomic E-state index is 14.0. The lowest BCUT2D eigenvalue weighted by Gasteiger charge is -2.36. The lowest BCUT2D eigenvalue weighted by atomic mass is 9.74. The van der Waals surface area contributed by atoms with E-state index in [1.807, 2.05) is 26.0 Å². The van der Waals surface area contributed by atoms with E-state index in [1.165, 1.54) is 6.42 Å². The zero-order chi connectivity index (χ0) is 27.6. The maximum Gasteiger partial charge on any atom is 0.246 e. The zero-order valence-electron chi connectivity index (χ0n) is 23.2. The van der Waals surface area contributed by atoms with Gasteiger partial charge >= 0.3 is 0 Å². The van der Waals surface area contributed by atoms with Crippen LogP contribution in [0.2, 0.25) is 0 Å². The van der Waals surface area contributed by atoms with E-state index >= 15 is 0 Å². The average molecular weight is 540 g/mol. The Hall–Kier alpha value is -2.91. The number of carbonyl (C=O) groups excluding carboxylic acids is 3. The van der Waals surface area contributed by atoms with Gasteiger partial charge < -0.3 is 29.7 Å². The number of anilines is 1. The van der Waals surface area contributed by atoms with Gasteiger partial charge in [-0.15, -0.1) is 0 Å². The molecular formula is C30H41N3O6. The summed E-state index contributed by atoms with van der Waals surface area (Å²) in [6.45, 7) is 8.01. The van der Waals surface area contributed by atoms with E-state index in [0.29, 0.717) is 44.4 Å². The molecule has 9 heteroatoms. The van der Waals surface area contributed by atoms with Gasteiger partial charge in [0.25, 0.3) is 0 Å². The molecule has 1 aromatic rings. The minimum absolute atomic E-state index is 0.0726. The van der Waals surface area contributed by atoms with Crippen molar-refractivity contribution < 1.29 is 28.6 Å². The van der Waals surface area contributed by atoms with Crippen molar-refractivity contribution >= 4 is 23.4 Å². The minimum Gasteiger partial charge on any atom is -0.494 e. The number of nitrogens with zero attached hydrogens (tertiary/aromatic N) is 1. The van der Waals surface area contributed by atoms with Crippen LogP contribution in [0.5, 0.6) is 5.75 Å². The molecule has 3 fully saturated rings. The Balaban J connectivity index is 1.38. The van der Waals surface area contributed by atoms with Crippen molar-refractivity contribution in [1.82, 2.24) is 10.2 Å². The Kier molecular flexibility index (Phi) is 8.28. The van der Waals surface area contributed by atoms with E-state index in [2.05, 4.69) is 17.6 Å². The Labute approximate surface area is 230 Å². The smallest absolute Gasteiger partial charge is 0.246 e. The van der Waals surface area contributed by atoms with E-state index in [4.69, 9.17) is 14.2 Å². The molecule has 0 aromatic heterocycles. The number of benzene rings is 1. The molecule has 3 aliphatic heterocycles. The normalized spacial score (nSPS) is 32.8. The van der Waals surface area contributed by atoms with Gasteiger partial charge in [-0.1, -0.05) is 31.9 Å². The molecule has 1 saturated carbocycles. The lowest BCUT2D eigenvalue weighted by molar-refractivity contribution is -0.141. The van der Waals surface area contributed by atoms with Gasteiger partial charge in [0.05, 0.1) is 24.5 Å². The Morgan fingerprint density at radius 3 is 2.59 bits per heavy atom. The fourth-order valence-corrected chi connectivity index (χ4v) is 6.81. The summed E-state index contributed by atoms with van der Waals surface area (Å²) < 4.78 is 17.4. The summed E-state index contributed by atoms with van der Waals surface area (Å²) >= 11 is 0. The summed E-state index contributed by atoms with van der Waals surface area (Å²) in [6, 6.07) is 6.40. The Morgan fingerprint density at radius 1 is 1.10 bits per heavy atom. The number of ether oxygens (including phenoxy) is 3. The van der Waals surface area contributed by atoms with Crippen molar-refractivity contribution in [1.29, 1.82) is 0 Å². The highest BCUT2D eigenvalue weighted by molar-refractivity contribution is 6.02. The van der Waals surface area contributed by atoms with Crippen molar-refractivity contribution in [2.24, 2.45) is 17.8 Å². The monoisotopic (exact) mass is 539 g/mol. The third-order valence-corrected chi connectivity index (χ3v) is 8.69. The first-order valence-corrected chi connectivity index (χ1v) is 14.5. The molecule has 3 amide bonds. The second-order valence-electron chi connectivity index (χ2n) is 11.1. The first-order valence-electron chi connectivity index (χ1n) is 14.5. The highest BCUT2D eigenvalue weighted by Gasteiger charge is 2.72. The molecular weight excluding hydrogens is 498 g/mol. The third-order valence-electron chi connectivity index (χ3n) is 8.69. The van der Waals surface area contributed by atoms with Gasteiger partial charge in [0.1, 0.15) is 17.4 Å². The van der Waals surface area contributed by atoms with Gasteiger partial charge in [0, 0.05) is 31.5 Å². The first-order chi connectivity index (χ1) is 18.9. The molecule has 212 valence electrons. The van der Waals surface area contributed by atoms with Crippen molar-refractivity contribution in [2.45, 2.75) is 76.7 Å². The molecule has 9 nitrogen and oxygen atoms in total. The molecule has 7 atom stereocenters. The van der Waals surface area contributed by atoms with Gasteiger partial charge in [0.2, 0.25) is 17.7 Å². The fraction of sp³-hybridized carbons (Fsp3) is 0.633. The van der Waals surface area contributed by atoms with Crippen LogP contribution in [0, 0.1) is 17.8 Å². The van der Waals surface area contributed by atoms with E-state index in [1.54, 1.807) is 29.2 Å². The molecule has 39 heavy (non-hydrogen) atoms. The van der Waals surface area contributed by atoms with Crippen LogP contribution < -0.4 is 15.4 Å². The fourth-order valence-electron chi connectivity index (χ4n) is 6.81. The summed E-state index contributed by atoms with van der Waals surface area (Å²) in [5.74, 6) is -1.08. The second-order valence-corrected chi connectivity index (χ2v) is 11.1. The quantitative estimate of drug-likeness (QED) is 0.330. The van der Waals surface area contributed by atoms with E-state index in [9.17, 15) is 14.4 Å². The van der Waals surface area contributed by atoms with Gasteiger partial charge in [0.15, 0.2) is 0 Å². The number of amides is 3. The lowest BCUT2D eigenvalue weighted by Crippen LogP contribution is -2.57. The average Bonchev–Trinajstić information content (AvgIpc) is 3.56. The third kappa shape index (κ3) is 5.18. The molecule has 5 rings (SSSR count). The van der Waals surface area contributed by atoms with Crippen LogP contribution in [0.4, 0.5) is 5.69 Å². The Bertz CT molecular complexity index is 1090. The maximum atomic E-state index is 14.0. The van der Waals surface area contributed by atoms with Crippen LogP contribution >= 0.6 is 0 Å². The zero-order valence-corrected chi connectivity index (χ0v) is 23.2. The molecule has 1 aromatic carbocycles. The molecule has 2 N–H and O–H groups in total. The minimum atomic E-state index is -1.16. The number of rotatable bonds is 11. The molecule has 2 saturated heterocycles. The first kappa shape index (κ1) is 27.6. The van der Waals surface area contributed by atoms with E-state index in [0.717, 1.165) is 25.0 Å². The van der Waals surface area contributed by atoms with Crippen LogP contribution in [0.15, 0.2) is 36.4 Å². The predicted octanol–water partition coefficient (Wildman–Crippen LogP) is 3.30. The number of fused-ring (bicyclic) bond motifs is 1. The molecule has 1 spiro atoms. The Morgan fingerprint density at radius 2 is 1.87 bits per heavy atom. The summed E-state index contributed by atoms with van der Waals surface area (Å²) in [5.41, 5.74) is -0.542. The number of carbonyl (C=O) groups is 3. The molecule has 2 bridgehead atoms. The van der Waals surface area contributed by atoms with Crippen LogP contribution in [-0.4, -0.2) is 72.8 Å². The number of likely N-dealkylation sites (tertiary alicyclic amines) is 1.